The molecule has 9 heteroatoms. The summed E-state index contributed by atoms with van der Waals surface area (Å²) in [6.45, 7) is 1.79. The van der Waals surface area contributed by atoms with Crippen molar-refractivity contribution in [3.63, 3.8) is 0 Å². The maximum atomic E-state index is 13.3. The molecule has 0 aliphatic carbocycles. The third kappa shape index (κ3) is 3.82. The van der Waals surface area contributed by atoms with Crippen LogP contribution in [0, 0.1) is 6.92 Å². The number of aromatic hydroxyl groups is 1. The zero-order valence-corrected chi connectivity index (χ0v) is 19.3. The number of hydrogen-bond donors (Lipinski definition) is 2. The first-order chi connectivity index (χ1) is 16.3. The first kappa shape index (κ1) is 23.1. The molecule has 3 aromatic rings. The molecule has 2 N–H and O–H groups in total. The molecule has 34 heavy (non-hydrogen) atoms. The number of aryl methyl sites for hydroxylation is 1. The maximum Gasteiger partial charge on any atom is 0.300 e. The molecule has 8 nitrogen and oxygen atoms in total. The number of aromatic nitrogens is 1. The van der Waals surface area contributed by atoms with Crippen LogP contribution in [0.5, 0.6) is 17.2 Å². The van der Waals surface area contributed by atoms with Gasteiger partial charge in [0.1, 0.15) is 23.0 Å². The number of benzene rings is 2. The van der Waals surface area contributed by atoms with E-state index in [2.05, 4.69) is 4.98 Å². The topological polar surface area (TPSA) is 109 Å². The Kier molecular flexibility index (Phi) is 6.17. The van der Waals surface area contributed by atoms with Gasteiger partial charge >= 0.3 is 0 Å². The summed E-state index contributed by atoms with van der Waals surface area (Å²) in [5, 5.41) is 22.1. The number of hydrogen-bond acceptors (Lipinski definition) is 7. The summed E-state index contributed by atoms with van der Waals surface area (Å²) in [6.07, 6.45) is 3.04. The second-order valence-electron chi connectivity index (χ2n) is 7.63. The summed E-state index contributed by atoms with van der Waals surface area (Å²) >= 11 is 6.27. The summed E-state index contributed by atoms with van der Waals surface area (Å²) in [6, 6.07) is 9.84. The van der Waals surface area contributed by atoms with Gasteiger partial charge < -0.3 is 19.7 Å². The fourth-order valence-electron chi connectivity index (χ4n) is 3.95. The van der Waals surface area contributed by atoms with Crippen LogP contribution >= 0.6 is 11.6 Å². The molecule has 0 saturated carbocycles. The predicted molar refractivity (Wildman–Crippen MR) is 126 cm³/mol. The van der Waals surface area contributed by atoms with Crippen molar-refractivity contribution in [3.05, 3.63) is 82.1 Å². The van der Waals surface area contributed by atoms with Crippen LogP contribution in [0.15, 0.2) is 60.4 Å². The van der Waals surface area contributed by atoms with Crippen LogP contribution in [0.4, 0.5) is 5.69 Å². The van der Waals surface area contributed by atoms with Crippen molar-refractivity contribution in [2.45, 2.75) is 13.0 Å². The number of nitrogens with zero attached hydrogens (tertiary/aromatic N) is 2. The number of Topliss-reactive ketones (excluding diaryl/α,β-unsaturated/α-hetero) is 1. The SMILES string of the molecule is COc1cc(OC)c(/C(O)=C2\C(=O)C(=O)N(c3cc(C)ccc3O)C2c2cccnc2)cc1Cl. The van der Waals surface area contributed by atoms with E-state index in [9.17, 15) is 19.8 Å². The van der Waals surface area contributed by atoms with E-state index in [1.54, 1.807) is 37.4 Å². The van der Waals surface area contributed by atoms with Crippen molar-refractivity contribution in [1.29, 1.82) is 0 Å². The molecule has 1 aliphatic rings. The number of halogens is 1. The summed E-state index contributed by atoms with van der Waals surface area (Å²) < 4.78 is 10.6. The van der Waals surface area contributed by atoms with Gasteiger partial charge in [-0.05, 0) is 42.3 Å². The minimum atomic E-state index is -1.06. The smallest absolute Gasteiger partial charge is 0.300 e. The van der Waals surface area contributed by atoms with Crippen molar-refractivity contribution in [2.75, 3.05) is 19.1 Å². The highest BCUT2D eigenvalue weighted by atomic mass is 35.5. The summed E-state index contributed by atoms with van der Waals surface area (Å²) in [4.78, 5) is 31.8. The van der Waals surface area contributed by atoms with Crippen LogP contribution in [-0.2, 0) is 9.59 Å². The number of ketones is 1. The zero-order valence-electron chi connectivity index (χ0n) is 18.6. The van der Waals surface area contributed by atoms with E-state index >= 15 is 0 Å². The van der Waals surface area contributed by atoms with Crippen LogP contribution < -0.4 is 14.4 Å². The molecule has 1 aliphatic heterocycles. The molecule has 2 aromatic carbocycles. The van der Waals surface area contributed by atoms with Crippen LogP contribution in [-0.4, -0.2) is 41.1 Å². The van der Waals surface area contributed by atoms with Crippen LogP contribution in [0.3, 0.4) is 0 Å². The molecule has 174 valence electrons. The van der Waals surface area contributed by atoms with Crippen molar-refractivity contribution >= 4 is 34.7 Å². The number of phenols is 1. The van der Waals surface area contributed by atoms with Crippen LogP contribution in [0.25, 0.3) is 5.76 Å². The predicted octanol–water partition coefficient (Wildman–Crippen LogP) is 4.39. The second kappa shape index (κ2) is 9.07. The number of rotatable bonds is 5. The van der Waals surface area contributed by atoms with Gasteiger partial charge in [0.15, 0.2) is 0 Å². The summed E-state index contributed by atoms with van der Waals surface area (Å²) in [7, 11) is 2.82. The Bertz CT molecular complexity index is 1320. The molecule has 1 atom stereocenters. The molecular weight excluding hydrogens is 460 g/mol. The number of carbonyl (C=O) groups excluding carboxylic acids is 2. The van der Waals surface area contributed by atoms with E-state index in [-0.39, 0.29) is 33.3 Å². The lowest BCUT2D eigenvalue weighted by atomic mass is 9.95. The molecule has 1 fully saturated rings. The number of aliphatic hydroxyl groups excluding tert-OH is 1. The van der Waals surface area contributed by atoms with Gasteiger partial charge in [0.25, 0.3) is 11.7 Å². The fourth-order valence-corrected chi connectivity index (χ4v) is 4.19. The molecule has 4 rings (SSSR count). The number of amides is 1. The van der Waals surface area contributed by atoms with Gasteiger partial charge in [-0.15, -0.1) is 0 Å². The molecule has 0 spiro atoms. The molecule has 0 radical (unpaired) electrons. The molecule has 1 saturated heterocycles. The number of methoxy groups -OCH3 is 2. The van der Waals surface area contributed by atoms with Crippen LogP contribution in [0.2, 0.25) is 5.02 Å². The second-order valence-corrected chi connectivity index (χ2v) is 8.04. The standard InChI is InChI=1S/C25H21ClN2O6/c1-13-6-7-18(29)17(9-13)28-22(14-5-4-8-27-12-14)21(24(31)25(28)32)23(30)15-10-16(26)20(34-3)11-19(15)33-2/h4-12,22,29-30H,1-3H3/b23-21+. The Morgan fingerprint density at radius 3 is 2.47 bits per heavy atom. The average molecular weight is 481 g/mol. The highest BCUT2D eigenvalue weighted by Crippen LogP contribution is 2.46. The Hall–Kier alpha value is -4.04. The quantitative estimate of drug-likeness (QED) is 0.316. The lowest BCUT2D eigenvalue weighted by Crippen LogP contribution is -2.29. The Morgan fingerprint density at radius 2 is 1.82 bits per heavy atom. The fraction of sp³-hybridized carbons (Fsp3) is 0.160. The lowest BCUT2D eigenvalue weighted by molar-refractivity contribution is -0.132. The summed E-state index contributed by atoms with van der Waals surface area (Å²) in [5.74, 6) is -2.01. The highest BCUT2D eigenvalue weighted by molar-refractivity contribution is 6.52. The molecule has 1 aromatic heterocycles. The number of carbonyl (C=O) groups is 2. The van der Waals surface area contributed by atoms with E-state index in [0.717, 1.165) is 10.5 Å². The van der Waals surface area contributed by atoms with Crippen molar-refractivity contribution in [1.82, 2.24) is 4.98 Å². The van der Waals surface area contributed by atoms with Gasteiger partial charge in [-0.2, -0.15) is 0 Å². The Morgan fingerprint density at radius 1 is 1.09 bits per heavy atom. The minimum Gasteiger partial charge on any atom is -0.507 e. The van der Waals surface area contributed by atoms with E-state index < -0.39 is 23.5 Å². The zero-order chi connectivity index (χ0) is 24.6. The highest BCUT2D eigenvalue weighted by Gasteiger charge is 2.48. The average Bonchev–Trinajstić information content (AvgIpc) is 3.10. The number of pyridine rings is 1. The van der Waals surface area contributed by atoms with Gasteiger partial charge in [-0.1, -0.05) is 23.7 Å². The Labute approximate surface area is 200 Å². The number of anilines is 1. The van der Waals surface area contributed by atoms with E-state index in [4.69, 9.17) is 21.1 Å². The molecular formula is C25H21ClN2O6. The van der Waals surface area contributed by atoms with Gasteiger partial charge in [-0.3, -0.25) is 19.5 Å². The number of phenolic OH excluding ortho intramolecular Hbond substituents is 1. The van der Waals surface area contributed by atoms with Gasteiger partial charge in [-0.25, -0.2) is 0 Å². The maximum absolute atomic E-state index is 13.3. The molecule has 2 heterocycles. The van der Waals surface area contributed by atoms with E-state index in [1.807, 2.05) is 0 Å². The van der Waals surface area contributed by atoms with E-state index in [1.165, 1.54) is 38.6 Å². The molecule has 0 bridgehead atoms. The molecule has 1 amide bonds. The largest absolute Gasteiger partial charge is 0.507 e. The monoisotopic (exact) mass is 480 g/mol. The first-order valence-corrected chi connectivity index (χ1v) is 10.6. The van der Waals surface area contributed by atoms with Crippen molar-refractivity contribution in [3.8, 4) is 17.2 Å². The van der Waals surface area contributed by atoms with Gasteiger partial charge in [0.05, 0.1) is 42.1 Å². The van der Waals surface area contributed by atoms with Crippen molar-refractivity contribution < 1.29 is 29.3 Å². The molecule has 1 unspecified atom stereocenters. The third-order valence-corrected chi connectivity index (χ3v) is 5.86. The third-order valence-electron chi connectivity index (χ3n) is 5.56. The lowest BCUT2D eigenvalue weighted by Gasteiger charge is -2.26. The number of aliphatic hydroxyl groups is 1. The summed E-state index contributed by atoms with van der Waals surface area (Å²) in [5.41, 5.74) is 1.27. The van der Waals surface area contributed by atoms with E-state index in [0.29, 0.717) is 11.3 Å². The Balaban J connectivity index is 2.01. The normalized spacial score (nSPS) is 17.2. The van der Waals surface area contributed by atoms with Gasteiger partial charge in [0, 0.05) is 18.5 Å². The van der Waals surface area contributed by atoms with Crippen LogP contribution in [0.1, 0.15) is 22.7 Å². The van der Waals surface area contributed by atoms with Crippen molar-refractivity contribution in [2.24, 2.45) is 0 Å². The number of ether oxygens (including phenoxy) is 2. The van der Waals surface area contributed by atoms with Gasteiger partial charge in [0.2, 0.25) is 0 Å². The first-order valence-electron chi connectivity index (χ1n) is 10.2. The minimum absolute atomic E-state index is 0.105.